The minimum Gasteiger partial charge on any atom is -0.444 e. The van der Waals surface area contributed by atoms with Crippen LogP contribution < -0.4 is 5.32 Å². The molecule has 1 amide bonds. The van der Waals surface area contributed by atoms with Gasteiger partial charge in [0.2, 0.25) is 0 Å². The van der Waals surface area contributed by atoms with E-state index >= 15 is 0 Å². The summed E-state index contributed by atoms with van der Waals surface area (Å²) in [4.78, 5) is 11.4. The Morgan fingerprint density at radius 1 is 1.39 bits per heavy atom. The molecule has 98 valence electrons. The summed E-state index contributed by atoms with van der Waals surface area (Å²) in [5.74, 6) is 0. The maximum atomic E-state index is 11.4. The summed E-state index contributed by atoms with van der Waals surface area (Å²) in [6.45, 7) is 5.84. The molecule has 0 radical (unpaired) electrons. The van der Waals surface area contributed by atoms with E-state index in [1.165, 1.54) is 6.21 Å². The van der Waals surface area contributed by atoms with Gasteiger partial charge in [0, 0.05) is 6.54 Å². The molecule has 5 nitrogen and oxygen atoms in total. The van der Waals surface area contributed by atoms with E-state index in [0.29, 0.717) is 6.54 Å². The normalized spacial score (nSPS) is 11.5. The van der Waals surface area contributed by atoms with Crippen LogP contribution in [-0.2, 0) is 11.3 Å². The first-order valence-electron chi connectivity index (χ1n) is 5.64. The first-order valence-corrected chi connectivity index (χ1v) is 5.64. The molecule has 0 heterocycles. The fourth-order valence-corrected chi connectivity index (χ4v) is 1.28. The fraction of sp³-hybridized carbons (Fsp3) is 0.385. The third-order valence-corrected chi connectivity index (χ3v) is 2.02. The molecule has 0 aliphatic heterocycles. The molecule has 5 heteroatoms. The first-order chi connectivity index (χ1) is 8.40. The lowest BCUT2D eigenvalue weighted by atomic mass is 10.1. The van der Waals surface area contributed by atoms with Crippen LogP contribution in [0.4, 0.5) is 4.79 Å². The summed E-state index contributed by atoms with van der Waals surface area (Å²) in [6.07, 6.45) is 0.897. The Kier molecular flexibility index (Phi) is 4.71. The molecule has 1 aromatic rings. The van der Waals surface area contributed by atoms with Gasteiger partial charge in [0.05, 0.1) is 6.21 Å². The smallest absolute Gasteiger partial charge is 0.407 e. The summed E-state index contributed by atoms with van der Waals surface area (Å²) < 4.78 is 5.12. The zero-order valence-electron chi connectivity index (χ0n) is 10.8. The molecular formula is C13H18N2O3. The molecule has 0 fully saturated rings. The lowest BCUT2D eigenvalue weighted by Crippen LogP contribution is -2.32. The van der Waals surface area contributed by atoms with Crippen molar-refractivity contribution >= 4 is 12.3 Å². The van der Waals surface area contributed by atoms with E-state index in [2.05, 4.69) is 10.5 Å². The van der Waals surface area contributed by atoms with Crippen LogP contribution in [0.15, 0.2) is 29.4 Å². The van der Waals surface area contributed by atoms with Gasteiger partial charge < -0.3 is 15.3 Å². The number of hydrogen-bond donors (Lipinski definition) is 2. The highest BCUT2D eigenvalue weighted by Crippen LogP contribution is 2.07. The van der Waals surface area contributed by atoms with Crippen LogP contribution in [0.25, 0.3) is 0 Å². The van der Waals surface area contributed by atoms with Crippen LogP contribution in [0.2, 0.25) is 0 Å². The molecule has 0 saturated carbocycles. The second-order valence-electron chi connectivity index (χ2n) is 4.84. The Morgan fingerprint density at radius 3 is 2.50 bits per heavy atom. The average Bonchev–Trinajstić information content (AvgIpc) is 2.26. The maximum Gasteiger partial charge on any atom is 0.407 e. The summed E-state index contributed by atoms with van der Waals surface area (Å²) in [7, 11) is 0. The lowest BCUT2D eigenvalue weighted by molar-refractivity contribution is 0.0523. The van der Waals surface area contributed by atoms with Crippen LogP contribution in [0.3, 0.4) is 0 Å². The number of rotatable bonds is 3. The number of nitrogens with zero attached hydrogens (tertiary/aromatic N) is 1. The highest BCUT2D eigenvalue weighted by atomic mass is 16.6. The van der Waals surface area contributed by atoms with Crippen molar-refractivity contribution in [1.82, 2.24) is 5.32 Å². The van der Waals surface area contributed by atoms with Crippen molar-refractivity contribution in [3.05, 3.63) is 35.4 Å². The number of oxime groups is 1. The number of carbonyl (C=O) groups excluding carboxylic acids is 1. The molecule has 0 aliphatic rings. The molecule has 2 N–H and O–H groups in total. The number of alkyl carbamates (subject to hydrolysis) is 1. The zero-order chi connectivity index (χ0) is 13.6. The van der Waals surface area contributed by atoms with Crippen molar-refractivity contribution in [2.45, 2.75) is 32.9 Å². The lowest BCUT2D eigenvalue weighted by Gasteiger charge is -2.19. The number of amides is 1. The molecule has 18 heavy (non-hydrogen) atoms. The van der Waals surface area contributed by atoms with Gasteiger partial charge in [-0.25, -0.2) is 4.79 Å². The van der Waals surface area contributed by atoms with Gasteiger partial charge >= 0.3 is 6.09 Å². The molecule has 0 unspecified atom stereocenters. The van der Waals surface area contributed by atoms with Crippen molar-refractivity contribution in [1.29, 1.82) is 0 Å². The van der Waals surface area contributed by atoms with Gasteiger partial charge in [-0.1, -0.05) is 29.4 Å². The van der Waals surface area contributed by atoms with Gasteiger partial charge in [-0.05, 0) is 31.9 Å². The third kappa shape index (κ3) is 5.34. The number of ether oxygens (including phenoxy) is 1. The maximum absolute atomic E-state index is 11.4. The summed E-state index contributed by atoms with van der Waals surface area (Å²) >= 11 is 0. The van der Waals surface area contributed by atoms with Crippen LogP contribution >= 0.6 is 0 Å². The van der Waals surface area contributed by atoms with Gasteiger partial charge in [-0.15, -0.1) is 0 Å². The molecule has 1 rings (SSSR count). The van der Waals surface area contributed by atoms with Gasteiger partial charge in [0.1, 0.15) is 5.60 Å². The van der Waals surface area contributed by atoms with Crippen LogP contribution in [0, 0.1) is 0 Å². The Bertz CT molecular complexity index is 419. The van der Waals surface area contributed by atoms with E-state index in [0.717, 1.165) is 11.1 Å². The molecule has 0 saturated heterocycles. The first kappa shape index (κ1) is 14.0. The van der Waals surface area contributed by atoms with E-state index in [4.69, 9.17) is 9.94 Å². The minimum absolute atomic E-state index is 0.394. The van der Waals surface area contributed by atoms with Crippen molar-refractivity contribution in [3.8, 4) is 0 Å². The van der Waals surface area contributed by atoms with Gasteiger partial charge in [0.15, 0.2) is 0 Å². The fourth-order valence-electron chi connectivity index (χ4n) is 1.28. The van der Waals surface area contributed by atoms with E-state index < -0.39 is 11.7 Å². The third-order valence-electron chi connectivity index (χ3n) is 2.02. The second-order valence-corrected chi connectivity index (χ2v) is 4.84. The quantitative estimate of drug-likeness (QED) is 0.492. The molecule has 0 spiro atoms. The number of carbonyl (C=O) groups is 1. The van der Waals surface area contributed by atoms with Crippen LogP contribution in [0.5, 0.6) is 0 Å². The standard InChI is InChI=1S/C13H18N2O3/c1-13(2,3)18-12(16)14-8-10-4-6-11(7-5-10)9-15-17/h4-7,9,17H,8H2,1-3H3,(H,14,16). The Balaban J connectivity index is 2.46. The van der Waals surface area contributed by atoms with E-state index in [9.17, 15) is 4.79 Å². The summed E-state index contributed by atoms with van der Waals surface area (Å²) in [5, 5.41) is 14.0. The largest absolute Gasteiger partial charge is 0.444 e. The zero-order valence-corrected chi connectivity index (χ0v) is 10.8. The Labute approximate surface area is 106 Å². The topological polar surface area (TPSA) is 70.9 Å². The molecule has 0 aromatic heterocycles. The molecule has 0 aliphatic carbocycles. The van der Waals surface area contributed by atoms with E-state index in [-0.39, 0.29) is 0 Å². The van der Waals surface area contributed by atoms with Gasteiger partial charge in [-0.3, -0.25) is 0 Å². The minimum atomic E-state index is -0.495. The molecule has 1 aromatic carbocycles. The number of hydrogen-bond acceptors (Lipinski definition) is 4. The van der Waals surface area contributed by atoms with Gasteiger partial charge in [0.25, 0.3) is 0 Å². The molecular weight excluding hydrogens is 232 g/mol. The summed E-state index contributed by atoms with van der Waals surface area (Å²) in [6, 6.07) is 7.28. The highest BCUT2D eigenvalue weighted by Gasteiger charge is 2.15. The number of benzene rings is 1. The summed E-state index contributed by atoms with van der Waals surface area (Å²) in [5.41, 5.74) is 1.24. The monoisotopic (exact) mass is 250 g/mol. The SMILES string of the molecule is CC(C)(C)OC(=O)NCc1ccc(C=NO)cc1. The van der Waals surface area contributed by atoms with Crippen molar-refractivity contribution < 1.29 is 14.7 Å². The number of nitrogens with one attached hydrogen (secondary N) is 1. The van der Waals surface area contributed by atoms with Crippen molar-refractivity contribution in [2.24, 2.45) is 5.16 Å². The van der Waals surface area contributed by atoms with E-state index in [1.54, 1.807) is 12.1 Å². The molecule has 0 bridgehead atoms. The Morgan fingerprint density at radius 2 is 2.00 bits per heavy atom. The predicted molar refractivity (Wildman–Crippen MR) is 68.9 cm³/mol. The van der Waals surface area contributed by atoms with Crippen molar-refractivity contribution in [2.75, 3.05) is 0 Å². The Hall–Kier alpha value is -2.04. The van der Waals surface area contributed by atoms with Crippen LogP contribution in [0.1, 0.15) is 31.9 Å². The predicted octanol–water partition coefficient (Wildman–Crippen LogP) is 2.52. The van der Waals surface area contributed by atoms with E-state index in [1.807, 2.05) is 32.9 Å². The van der Waals surface area contributed by atoms with Crippen molar-refractivity contribution in [3.63, 3.8) is 0 Å². The second kappa shape index (κ2) is 6.05. The van der Waals surface area contributed by atoms with Crippen LogP contribution in [-0.4, -0.2) is 23.1 Å². The highest BCUT2D eigenvalue weighted by molar-refractivity contribution is 5.79. The average molecular weight is 250 g/mol. The molecule has 0 atom stereocenters. The van der Waals surface area contributed by atoms with Gasteiger partial charge in [-0.2, -0.15) is 0 Å².